The summed E-state index contributed by atoms with van der Waals surface area (Å²) >= 11 is 0. The van der Waals surface area contributed by atoms with Gasteiger partial charge in [0.05, 0.1) is 11.7 Å². The van der Waals surface area contributed by atoms with Crippen molar-refractivity contribution in [2.24, 2.45) is 5.73 Å². The Kier molecular flexibility index (Phi) is 2.97. The Morgan fingerprint density at radius 1 is 1.00 bits per heavy atom. The Labute approximate surface area is 112 Å². The average molecular weight is 249 g/mol. The number of nitrogens with two attached hydrogens (primary N) is 1. The minimum atomic E-state index is -0.152. The van der Waals surface area contributed by atoms with Crippen LogP contribution >= 0.6 is 0 Å². The van der Waals surface area contributed by atoms with Crippen molar-refractivity contribution in [1.82, 2.24) is 9.97 Å². The Bertz CT molecular complexity index is 720. The van der Waals surface area contributed by atoms with Gasteiger partial charge in [-0.1, -0.05) is 36.4 Å². The number of benzene rings is 2. The minimum Gasteiger partial charge on any atom is -0.322 e. The van der Waals surface area contributed by atoms with Crippen LogP contribution in [-0.4, -0.2) is 9.97 Å². The van der Waals surface area contributed by atoms with Crippen molar-refractivity contribution in [2.45, 2.75) is 13.0 Å². The van der Waals surface area contributed by atoms with E-state index in [9.17, 15) is 0 Å². The topological polar surface area (TPSA) is 51.8 Å². The lowest BCUT2D eigenvalue weighted by Crippen LogP contribution is -2.09. The standard InChI is InChI=1S/C16H15N3/c1-11(17)16-18-9-8-15(19-16)14-7-6-12-4-2-3-5-13(12)10-14/h2-11H,17H2,1H3. The third-order valence-corrected chi connectivity index (χ3v) is 3.13. The molecule has 94 valence electrons. The Hall–Kier alpha value is -2.26. The molecule has 1 heterocycles. The highest BCUT2D eigenvalue weighted by Crippen LogP contribution is 2.23. The van der Waals surface area contributed by atoms with E-state index in [-0.39, 0.29) is 6.04 Å². The predicted octanol–water partition coefficient (Wildman–Crippen LogP) is 3.32. The first-order valence-electron chi connectivity index (χ1n) is 6.32. The van der Waals surface area contributed by atoms with Gasteiger partial charge in [0, 0.05) is 11.8 Å². The maximum Gasteiger partial charge on any atom is 0.145 e. The highest BCUT2D eigenvalue weighted by molar-refractivity contribution is 5.86. The summed E-state index contributed by atoms with van der Waals surface area (Å²) in [6, 6.07) is 16.4. The number of nitrogens with zero attached hydrogens (tertiary/aromatic N) is 2. The molecule has 3 heteroatoms. The SMILES string of the molecule is CC(N)c1nccc(-c2ccc3ccccc3c2)n1. The van der Waals surface area contributed by atoms with Crippen molar-refractivity contribution in [2.75, 3.05) is 0 Å². The van der Waals surface area contributed by atoms with Gasteiger partial charge >= 0.3 is 0 Å². The summed E-state index contributed by atoms with van der Waals surface area (Å²) in [4.78, 5) is 8.70. The Morgan fingerprint density at radius 2 is 1.79 bits per heavy atom. The second kappa shape index (κ2) is 4.78. The number of hydrogen-bond acceptors (Lipinski definition) is 3. The lowest BCUT2D eigenvalue weighted by molar-refractivity contribution is 0.741. The largest absolute Gasteiger partial charge is 0.322 e. The highest BCUT2D eigenvalue weighted by atomic mass is 14.9. The lowest BCUT2D eigenvalue weighted by Gasteiger charge is -2.07. The highest BCUT2D eigenvalue weighted by Gasteiger charge is 2.06. The maximum absolute atomic E-state index is 5.83. The van der Waals surface area contributed by atoms with Crippen LogP contribution in [0.3, 0.4) is 0 Å². The summed E-state index contributed by atoms with van der Waals surface area (Å²) in [5, 5.41) is 2.44. The summed E-state index contributed by atoms with van der Waals surface area (Å²) < 4.78 is 0. The summed E-state index contributed by atoms with van der Waals surface area (Å²) in [6.07, 6.45) is 1.76. The molecule has 3 nitrogen and oxygen atoms in total. The van der Waals surface area contributed by atoms with E-state index >= 15 is 0 Å². The second-order valence-electron chi connectivity index (χ2n) is 4.65. The van der Waals surface area contributed by atoms with E-state index < -0.39 is 0 Å². The first-order chi connectivity index (χ1) is 9.24. The van der Waals surface area contributed by atoms with Gasteiger partial charge in [0.2, 0.25) is 0 Å². The summed E-state index contributed by atoms with van der Waals surface area (Å²) in [5.41, 5.74) is 7.82. The van der Waals surface area contributed by atoms with Crippen LogP contribution in [0.5, 0.6) is 0 Å². The van der Waals surface area contributed by atoms with Crippen molar-refractivity contribution in [1.29, 1.82) is 0 Å². The molecule has 0 radical (unpaired) electrons. The van der Waals surface area contributed by atoms with E-state index in [1.165, 1.54) is 10.8 Å². The van der Waals surface area contributed by atoms with Gasteiger partial charge in [0.25, 0.3) is 0 Å². The molecule has 0 aliphatic rings. The predicted molar refractivity (Wildman–Crippen MR) is 77.6 cm³/mol. The molecule has 0 aliphatic heterocycles. The fraction of sp³-hybridized carbons (Fsp3) is 0.125. The molecule has 3 rings (SSSR count). The first-order valence-corrected chi connectivity index (χ1v) is 6.32. The zero-order valence-corrected chi connectivity index (χ0v) is 10.7. The van der Waals surface area contributed by atoms with Gasteiger partial charge < -0.3 is 5.73 Å². The zero-order valence-electron chi connectivity index (χ0n) is 10.7. The molecule has 0 spiro atoms. The monoisotopic (exact) mass is 249 g/mol. The van der Waals surface area contributed by atoms with Gasteiger partial charge in [-0.3, -0.25) is 0 Å². The molecule has 19 heavy (non-hydrogen) atoms. The molecule has 0 saturated heterocycles. The van der Waals surface area contributed by atoms with Crippen molar-refractivity contribution in [3.8, 4) is 11.3 Å². The van der Waals surface area contributed by atoms with Crippen molar-refractivity contribution >= 4 is 10.8 Å². The fourth-order valence-corrected chi connectivity index (χ4v) is 2.10. The van der Waals surface area contributed by atoms with E-state index in [0.717, 1.165) is 11.3 Å². The van der Waals surface area contributed by atoms with E-state index in [4.69, 9.17) is 5.73 Å². The molecule has 1 aromatic heterocycles. The number of aromatic nitrogens is 2. The molecule has 3 aromatic rings. The van der Waals surface area contributed by atoms with Crippen LogP contribution < -0.4 is 5.73 Å². The number of rotatable bonds is 2. The van der Waals surface area contributed by atoms with Crippen molar-refractivity contribution in [3.63, 3.8) is 0 Å². The molecular weight excluding hydrogens is 234 g/mol. The molecule has 2 N–H and O–H groups in total. The molecule has 1 atom stereocenters. The van der Waals surface area contributed by atoms with Crippen molar-refractivity contribution in [3.05, 3.63) is 60.6 Å². The lowest BCUT2D eigenvalue weighted by atomic mass is 10.0. The average Bonchev–Trinajstić information content (AvgIpc) is 2.47. The minimum absolute atomic E-state index is 0.152. The van der Waals surface area contributed by atoms with Crippen LogP contribution in [0.25, 0.3) is 22.0 Å². The molecule has 2 aromatic carbocycles. The Balaban J connectivity index is 2.11. The molecule has 0 amide bonds. The van der Waals surface area contributed by atoms with Gasteiger partial charge in [-0.25, -0.2) is 9.97 Å². The molecule has 0 fully saturated rings. The van der Waals surface area contributed by atoms with Gasteiger partial charge in [-0.15, -0.1) is 0 Å². The normalized spacial score (nSPS) is 12.5. The van der Waals surface area contributed by atoms with Crippen LogP contribution in [0.2, 0.25) is 0 Å². The Morgan fingerprint density at radius 3 is 2.58 bits per heavy atom. The van der Waals surface area contributed by atoms with Crippen molar-refractivity contribution < 1.29 is 0 Å². The quantitative estimate of drug-likeness (QED) is 0.758. The summed E-state index contributed by atoms with van der Waals surface area (Å²) in [7, 11) is 0. The van der Waals surface area contributed by atoms with E-state index in [2.05, 4.69) is 40.3 Å². The number of hydrogen-bond donors (Lipinski definition) is 1. The van der Waals surface area contributed by atoms with Crippen LogP contribution in [0.1, 0.15) is 18.8 Å². The van der Waals surface area contributed by atoms with Crippen LogP contribution in [0.15, 0.2) is 54.7 Å². The molecule has 0 saturated carbocycles. The fourth-order valence-electron chi connectivity index (χ4n) is 2.10. The van der Waals surface area contributed by atoms with Gasteiger partial charge in [-0.2, -0.15) is 0 Å². The molecule has 0 aliphatic carbocycles. The number of fused-ring (bicyclic) bond motifs is 1. The molecular formula is C16H15N3. The zero-order chi connectivity index (χ0) is 13.2. The van der Waals surface area contributed by atoms with Gasteiger partial charge in [0.1, 0.15) is 5.82 Å². The third-order valence-electron chi connectivity index (χ3n) is 3.13. The smallest absolute Gasteiger partial charge is 0.145 e. The van der Waals surface area contributed by atoms with Gasteiger partial charge in [0.15, 0.2) is 0 Å². The summed E-state index contributed by atoms with van der Waals surface area (Å²) in [6.45, 7) is 1.89. The van der Waals surface area contributed by atoms with Crippen LogP contribution in [0.4, 0.5) is 0 Å². The van der Waals surface area contributed by atoms with E-state index in [1.54, 1.807) is 6.20 Å². The maximum atomic E-state index is 5.83. The summed E-state index contributed by atoms with van der Waals surface area (Å²) in [5.74, 6) is 0.672. The van der Waals surface area contributed by atoms with Gasteiger partial charge in [-0.05, 0) is 29.8 Å². The molecule has 0 bridgehead atoms. The van der Waals surface area contributed by atoms with Crippen LogP contribution in [0, 0.1) is 0 Å². The third kappa shape index (κ3) is 2.33. The second-order valence-corrected chi connectivity index (χ2v) is 4.65. The van der Waals surface area contributed by atoms with E-state index in [1.807, 2.05) is 25.1 Å². The van der Waals surface area contributed by atoms with E-state index in [0.29, 0.717) is 5.82 Å². The first kappa shape index (κ1) is 11.8. The molecule has 1 unspecified atom stereocenters. The van der Waals surface area contributed by atoms with Crippen LogP contribution in [-0.2, 0) is 0 Å².